The molecular formula is C16H28N2OS. The first-order valence-corrected chi connectivity index (χ1v) is 8.64. The highest BCUT2D eigenvalue weighted by molar-refractivity contribution is 7.09. The normalized spacial score (nSPS) is 27.1. The van der Waals surface area contributed by atoms with Gasteiger partial charge in [-0.15, -0.1) is 11.3 Å². The number of hydrogen-bond acceptors (Lipinski definition) is 4. The third-order valence-corrected chi connectivity index (χ3v) is 5.66. The summed E-state index contributed by atoms with van der Waals surface area (Å²) in [6.07, 6.45) is 5.14. The molecular weight excluding hydrogens is 268 g/mol. The predicted octanol–water partition coefficient (Wildman–Crippen LogP) is 3.73. The van der Waals surface area contributed by atoms with Crippen LogP contribution in [0.3, 0.4) is 0 Å². The number of methoxy groups -OCH3 is 1. The van der Waals surface area contributed by atoms with Crippen molar-refractivity contribution < 1.29 is 4.74 Å². The zero-order valence-corrected chi connectivity index (χ0v) is 14.1. The Kier molecular flexibility index (Phi) is 5.58. The molecule has 1 aliphatic rings. The van der Waals surface area contributed by atoms with Crippen LogP contribution >= 0.6 is 11.3 Å². The molecule has 1 heterocycles. The second kappa shape index (κ2) is 7.01. The Morgan fingerprint density at radius 1 is 1.50 bits per heavy atom. The van der Waals surface area contributed by atoms with Gasteiger partial charge in [0.15, 0.2) is 0 Å². The maximum Gasteiger partial charge on any atom is 0.113 e. The van der Waals surface area contributed by atoms with Crippen LogP contribution in [0.25, 0.3) is 0 Å². The molecule has 0 saturated heterocycles. The largest absolute Gasteiger partial charge is 0.383 e. The standard InChI is InChI=1S/C16H28N2OS/c1-12(2)14-7-5-6-8-16(14,17-9-10-19-4)15-18-13(3)11-20-15/h11-12,14,17H,5-10H2,1-4H3. The van der Waals surface area contributed by atoms with Gasteiger partial charge in [0, 0.05) is 24.7 Å². The van der Waals surface area contributed by atoms with E-state index in [2.05, 4.69) is 31.5 Å². The molecule has 1 aromatic heterocycles. The summed E-state index contributed by atoms with van der Waals surface area (Å²) >= 11 is 1.82. The second-order valence-electron chi connectivity index (χ2n) is 6.28. The number of hydrogen-bond donors (Lipinski definition) is 1. The number of rotatable bonds is 6. The molecule has 0 radical (unpaired) electrons. The van der Waals surface area contributed by atoms with Crippen LogP contribution in [0.2, 0.25) is 0 Å². The Morgan fingerprint density at radius 2 is 2.30 bits per heavy atom. The highest BCUT2D eigenvalue weighted by Gasteiger charge is 2.45. The quantitative estimate of drug-likeness (QED) is 0.812. The van der Waals surface area contributed by atoms with Crippen molar-refractivity contribution in [1.29, 1.82) is 0 Å². The summed E-state index contributed by atoms with van der Waals surface area (Å²) in [7, 11) is 1.77. The van der Waals surface area contributed by atoms with Gasteiger partial charge in [0.1, 0.15) is 5.01 Å². The Balaban J connectivity index is 2.30. The molecule has 1 N–H and O–H groups in total. The fraction of sp³-hybridized carbons (Fsp3) is 0.812. The third kappa shape index (κ3) is 3.23. The van der Waals surface area contributed by atoms with Crippen molar-refractivity contribution in [3.8, 4) is 0 Å². The van der Waals surface area contributed by atoms with Gasteiger partial charge in [-0.25, -0.2) is 4.98 Å². The van der Waals surface area contributed by atoms with Crippen LogP contribution in [-0.4, -0.2) is 25.2 Å². The van der Waals surface area contributed by atoms with E-state index in [0.717, 1.165) is 18.8 Å². The van der Waals surface area contributed by atoms with Crippen LogP contribution in [-0.2, 0) is 10.3 Å². The molecule has 0 amide bonds. The highest BCUT2D eigenvalue weighted by Crippen LogP contribution is 2.46. The molecule has 114 valence electrons. The SMILES string of the molecule is COCCNC1(c2nc(C)cs2)CCCCC1C(C)C. The summed E-state index contributed by atoms with van der Waals surface area (Å²) in [6.45, 7) is 8.46. The molecule has 1 saturated carbocycles. The van der Waals surface area contributed by atoms with Crippen molar-refractivity contribution in [3.05, 3.63) is 16.1 Å². The fourth-order valence-corrected chi connectivity index (χ4v) is 4.67. The van der Waals surface area contributed by atoms with Gasteiger partial charge >= 0.3 is 0 Å². The number of nitrogens with zero attached hydrogens (tertiary/aromatic N) is 1. The van der Waals surface area contributed by atoms with E-state index in [4.69, 9.17) is 9.72 Å². The molecule has 20 heavy (non-hydrogen) atoms. The summed E-state index contributed by atoms with van der Waals surface area (Å²) in [5.41, 5.74) is 1.20. The minimum atomic E-state index is 0.0594. The van der Waals surface area contributed by atoms with Crippen LogP contribution in [0.15, 0.2) is 5.38 Å². The van der Waals surface area contributed by atoms with Gasteiger partial charge in [-0.2, -0.15) is 0 Å². The summed E-state index contributed by atoms with van der Waals surface area (Å²) in [6, 6.07) is 0. The second-order valence-corrected chi connectivity index (χ2v) is 7.14. The Bertz CT molecular complexity index is 418. The highest BCUT2D eigenvalue weighted by atomic mass is 32.1. The first-order valence-electron chi connectivity index (χ1n) is 7.76. The lowest BCUT2D eigenvalue weighted by Gasteiger charge is -2.46. The van der Waals surface area contributed by atoms with Crippen LogP contribution in [0, 0.1) is 18.8 Å². The lowest BCUT2D eigenvalue weighted by Crippen LogP contribution is -2.52. The van der Waals surface area contributed by atoms with Crippen molar-refractivity contribution in [2.45, 2.75) is 52.0 Å². The summed E-state index contributed by atoms with van der Waals surface area (Å²) < 4.78 is 5.24. The minimum Gasteiger partial charge on any atom is -0.383 e. The van der Waals surface area contributed by atoms with E-state index in [-0.39, 0.29) is 5.54 Å². The average Bonchev–Trinajstić information content (AvgIpc) is 2.86. The number of aryl methyl sites for hydroxylation is 1. The van der Waals surface area contributed by atoms with Gasteiger partial charge in [-0.05, 0) is 31.6 Å². The smallest absolute Gasteiger partial charge is 0.113 e. The van der Waals surface area contributed by atoms with E-state index in [1.165, 1.54) is 30.7 Å². The summed E-state index contributed by atoms with van der Waals surface area (Å²) in [5.74, 6) is 1.34. The summed E-state index contributed by atoms with van der Waals surface area (Å²) in [4.78, 5) is 4.83. The Morgan fingerprint density at radius 3 is 2.90 bits per heavy atom. The van der Waals surface area contributed by atoms with E-state index in [1.807, 2.05) is 11.3 Å². The van der Waals surface area contributed by atoms with Crippen molar-refractivity contribution in [3.63, 3.8) is 0 Å². The van der Waals surface area contributed by atoms with Crippen molar-refractivity contribution in [1.82, 2.24) is 10.3 Å². The lowest BCUT2D eigenvalue weighted by atomic mass is 9.68. The maximum absolute atomic E-state index is 5.24. The van der Waals surface area contributed by atoms with Gasteiger partial charge in [0.25, 0.3) is 0 Å². The maximum atomic E-state index is 5.24. The number of nitrogens with one attached hydrogen (secondary N) is 1. The van der Waals surface area contributed by atoms with E-state index in [1.54, 1.807) is 7.11 Å². The van der Waals surface area contributed by atoms with Gasteiger partial charge < -0.3 is 10.1 Å². The molecule has 3 nitrogen and oxygen atoms in total. The number of aromatic nitrogens is 1. The molecule has 1 fully saturated rings. The molecule has 0 spiro atoms. The molecule has 2 unspecified atom stereocenters. The summed E-state index contributed by atoms with van der Waals surface area (Å²) in [5, 5.41) is 7.28. The van der Waals surface area contributed by atoms with Crippen LogP contribution in [0.5, 0.6) is 0 Å². The van der Waals surface area contributed by atoms with Gasteiger partial charge in [-0.3, -0.25) is 0 Å². The van der Waals surface area contributed by atoms with Crippen LogP contribution in [0.1, 0.15) is 50.2 Å². The van der Waals surface area contributed by atoms with Crippen LogP contribution in [0.4, 0.5) is 0 Å². The Labute approximate surface area is 127 Å². The van der Waals surface area contributed by atoms with E-state index >= 15 is 0 Å². The van der Waals surface area contributed by atoms with Gasteiger partial charge in [0.2, 0.25) is 0 Å². The van der Waals surface area contributed by atoms with Crippen molar-refractivity contribution in [2.24, 2.45) is 11.8 Å². The monoisotopic (exact) mass is 296 g/mol. The zero-order chi connectivity index (χ0) is 14.6. The van der Waals surface area contributed by atoms with E-state index in [9.17, 15) is 0 Å². The Hall–Kier alpha value is -0.450. The van der Waals surface area contributed by atoms with Crippen molar-refractivity contribution >= 4 is 11.3 Å². The average molecular weight is 296 g/mol. The first-order chi connectivity index (χ1) is 9.60. The van der Waals surface area contributed by atoms with Gasteiger partial charge in [0.05, 0.1) is 12.1 Å². The zero-order valence-electron chi connectivity index (χ0n) is 13.2. The molecule has 0 bridgehead atoms. The first kappa shape index (κ1) is 15.9. The number of thiazole rings is 1. The third-order valence-electron chi connectivity index (χ3n) is 4.52. The minimum absolute atomic E-state index is 0.0594. The predicted molar refractivity (Wildman–Crippen MR) is 85.2 cm³/mol. The molecule has 0 aromatic carbocycles. The van der Waals surface area contributed by atoms with E-state index in [0.29, 0.717) is 11.8 Å². The molecule has 2 rings (SSSR count). The molecule has 1 aliphatic carbocycles. The molecule has 0 aliphatic heterocycles. The van der Waals surface area contributed by atoms with Crippen LogP contribution < -0.4 is 5.32 Å². The molecule has 2 atom stereocenters. The number of ether oxygens (including phenoxy) is 1. The van der Waals surface area contributed by atoms with E-state index < -0.39 is 0 Å². The molecule has 4 heteroatoms. The lowest BCUT2D eigenvalue weighted by molar-refractivity contribution is 0.0876. The fourth-order valence-electron chi connectivity index (χ4n) is 3.60. The molecule has 1 aromatic rings. The topological polar surface area (TPSA) is 34.1 Å². The van der Waals surface area contributed by atoms with Gasteiger partial charge in [-0.1, -0.05) is 26.7 Å². The van der Waals surface area contributed by atoms with Crippen molar-refractivity contribution in [2.75, 3.05) is 20.3 Å².